The van der Waals surface area contributed by atoms with Gasteiger partial charge >= 0.3 is 0 Å². The minimum atomic E-state index is 0.706. The van der Waals surface area contributed by atoms with E-state index >= 15 is 0 Å². The van der Waals surface area contributed by atoms with Gasteiger partial charge in [-0.2, -0.15) is 0 Å². The molecule has 0 fully saturated rings. The van der Waals surface area contributed by atoms with Gasteiger partial charge in [0.2, 0.25) is 0 Å². The first-order valence-corrected chi connectivity index (χ1v) is 9.28. The Morgan fingerprint density at radius 3 is 1.81 bits per heavy atom. The molecule has 2 nitrogen and oxygen atoms in total. The Kier molecular flexibility index (Phi) is 12.3. The number of unbranched alkanes of at least 4 members (excludes halogenated alkanes) is 12. The maximum Gasteiger partial charge on any atom is 0.188 e. The van der Waals surface area contributed by atoms with Crippen LogP contribution in [0.5, 0.6) is 0 Å². The highest BCUT2D eigenvalue weighted by molar-refractivity contribution is 5.77. The lowest BCUT2D eigenvalue weighted by Gasteiger charge is -2.09. The van der Waals surface area contributed by atoms with E-state index in [1.807, 2.05) is 12.3 Å². The van der Waals surface area contributed by atoms with Gasteiger partial charge in [-0.3, -0.25) is 0 Å². The molecule has 0 unspecified atom stereocenters. The molecular weight excluding hydrogens is 258 g/mol. The summed E-state index contributed by atoms with van der Waals surface area (Å²) in [5.74, 6) is 0.931. The lowest BCUT2D eigenvalue weighted by Crippen LogP contribution is -2.07. The van der Waals surface area contributed by atoms with Gasteiger partial charge in [-0.25, -0.2) is 4.99 Å². The predicted molar refractivity (Wildman–Crippen MR) is 92.8 cm³/mol. The molecule has 0 radical (unpaired) electrons. The van der Waals surface area contributed by atoms with E-state index in [-0.39, 0.29) is 0 Å². The second-order valence-corrected chi connectivity index (χ2v) is 6.21. The molecule has 0 saturated heterocycles. The number of nitrogens with zero attached hydrogens (tertiary/aromatic N) is 1. The van der Waals surface area contributed by atoms with Gasteiger partial charge in [-0.05, 0) is 12.5 Å². The minimum Gasteiger partial charge on any atom is -0.476 e. The van der Waals surface area contributed by atoms with Crippen molar-refractivity contribution < 1.29 is 4.74 Å². The normalized spacial score (nSPS) is 14.0. The van der Waals surface area contributed by atoms with E-state index < -0.39 is 0 Å². The van der Waals surface area contributed by atoms with Crippen LogP contribution in [-0.4, -0.2) is 12.5 Å². The highest BCUT2D eigenvalue weighted by atomic mass is 16.5. The van der Waals surface area contributed by atoms with E-state index in [2.05, 4.69) is 11.9 Å². The maximum atomic E-state index is 5.45. The Morgan fingerprint density at radius 2 is 1.33 bits per heavy atom. The fraction of sp³-hybridized carbons (Fsp3) is 0.842. The van der Waals surface area contributed by atoms with Crippen LogP contribution in [0.25, 0.3) is 0 Å². The summed E-state index contributed by atoms with van der Waals surface area (Å²) in [6.07, 6.45) is 23.1. The molecule has 2 heteroatoms. The third-order valence-electron chi connectivity index (χ3n) is 4.16. The maximum absolute atomic E-state index is 5.45. The van der Waals surface area contributed by atoms with Crippen molar-refractivity contribution in [2.24, 2.45) is 4.99 Å². The van der Waals surface area contributed by atoms with Crippen LogP contribution >= 0.6 is 0 Å². The zero-order valence-corrected chi connectivity index (χ0v) is 14.1. The van der Waals surface area contributed by atoms with Gasteiger partial charge < -0.3 is 4.74 Å². The monoisotopic (exact) mass is 293 g/mol. The van der Waals surface area contributed by atoms with Crippen LogP contribution in [0.4, 0.5) is 0 Å². The molecular formula is C19H35NO. The van der Waals surface area contributed by atoms with Crippen LogP contribution < -0.4 is 0 Å². The first kappa shape index (κ1) is 18.3. The number of hydrogen-bond donors (Lipinski definition) is 0. The lowest BCUT2D eigenvalue weighted by atomic mass is 10.0. The second kappa shape index (κ2) is 14.2. The van der Waals surface area contributed by atoms with Gasteiger partial charge in [0.1, 0.15) is 6.61 Å². The van der Waals surface area contributed by atoms with Gasteiger partial charge in [0, 0.05) is 12.6 Å². The SMILES string of the molecule is CCCCCCCCCCCCCCCC1=NC=CCO1. The van der Waals surface area contributed by atoms with Crippen LogP contribution in [0.15, 0.2) is 17.3 Å². The van der Waals surface area contributed by atoms with Crippen molar-refractivity contribution in [1.82, 2.24) is 0 Å². The van der Waals surface area contributed by atoms with Crippen LogP contribution in [0, 0.1) is 0 Å². The third kappa shape index (κ3) is 11.5. The minimum absolute atomic E-state index is 0.706. The lowest BCUT2D eigenvalue weighted by molar-refractivity contribution is 0.331. The largest absolute Gasteiger partial charge is 0.476 e. The number of ether oxygens (including phenoxy) is 1. The molecule has 0 aromatic rings. The molecule has 0 spiro atoms. The van der Waals surface area contributed by atoms with Crippen molar-refractivity contribution in [2.45, 2.75) is 96.8 Å². The van der Waals surface area contributed by atoms with Gasteiger partial charge in [0.05, 0.1) is 0 Å². The summed E-state index contributed by atoms with van der Waals surface area (Å²) >= 11 is 0. The van der Waals surface area contributed by atoms with Crippen molar-refractivity contribution in [3.63, 3.8) is 0 Å². The zero-order chi connectivity index (χ0) is 15.0. The van der Waals surface area contributed by atoms with Gasteiger partial charge in [0.15, 0.2) is 5.90 Å². The molecule has 1 rings (SSSR count). The summed E-state index contributed by atoms with van der Waals surface area (Å²) in [7, 11) is 0. The van der Waals surface area contributed by atoms with Crippen LogP contribution in [0.2, 0.25) is 0 Å². The summed E-state index contributed by atoms with van der Waals surface area (Å²) in [6.45, 7) is 2.99. The molecule has 0 N–H and O–H groups in total. The number of aliphatic imine (C=N–C) groups is 1. The Bertz CT molecular complexity index is 283. The van der Waals surface area contributed by atoms with E-state index in [4.69, 9.17) is 4.74 Å². The van der Waals surface area contributed by atoms with Crippen molar-refractivity contribution in [2.75, 3.05) is 6.61 Å². The number of rotatable bonds is 14. The smallest absolute Gasteiger partial charge is 0.188 e. The summed E-state index contributed by atoms with van der Waals surface area (Å²) in [5, 5.41) is 0. The fourth-order valence-electron chi connectivity index (χ4n) is 2.79. The number of hydrogen-bond acceptors (Lipinski definition) is 2. The fourth-order valence-corrected chi connectivity index (χ4v) is 2.79. The third-order valence-corrected chi connectivity index (χ3v) is 4.16. The van der Waals surface area contributed by atoms with E-state index in [0.29, 0.717) is 6.61 Å². The van der Waals surface area contributed by atoms with E-state index in [1.54, 1.807) is 0 Å². The Labute approximate surface area is 132 Å². The van der Waals surface area contributed by atoms with Gasteiger partial charge in [0.25, 0.3) is 0 Å². The van der Waals surface area contributed by atoms with Crippen molar-refractivity contribution >= 4 is 5.90 Å². The van der Waals surface area contributed by atoms with Crippen molar-refractivity contribution in [3.8, 4) is 0 Å². The molecule has 0 saturated carbocycles. The molecule has 21 heavy (non-hydrogen) atoms. The highest BCUT2D eigenvalue weighted by Crippen LogP contribution is 2.13. The predicted octanol–water partition coefficient (Wildman–Crippen LogP) is 6.41. The summed E-state index contributed by atoms with van der Waals surface area (Å²) in [4.78, 5) is 4.24. The molecule has 0 aliphatic carbocycles. The second-order valence-electron chi connectivity index (χ2n) is 6.21. The van der Waals surface area contributed by atoms with E-state index in [0.717, 1.165) is 12.3 Å². The first-order chi connectivity index (χ1) is 10.4. The van der Waals surface area contributed by atoms with Gasteiger partial charge in [-0.15, -0.1) is 0 Å². The average molecular weight is 293 g/mol. The van der Waals surface area contributed by atoms with E-state index in [9.17, 15) is 0 Å². The van der Waals surface area contributed by atoms with Crippen LogP contribution in [0.3, 0.4) is 0 Å². The summed E-state index contributed by atoms with van der Waals surface area (Å²) in [6, 6.07) is 0. The van der Waals surface area contributed by atoms with Crippen molar-refractivity contribution in [3.05, 3.63) is 12.3 Å². The molecule has 122 valence electrons. The topological polar surface area (TPSA) is 21.6 Å². The van der Waals surface area contributed by atoms with Crippen LogP contribution in [0.1, 0.15) is 96.8 Å². The zero-order valence-electron chi connectivity index (χ0n) is 14.1. The Morgan fingerprint density at radius 1 is 0.810 bits per heavy atom. The quantitative estimate of drug-likeness (QED) is 0.339. The average Bonchev–Trinajstić information content (AvgIpc) is 2.53. The molecule has 1 aliphatic rings. The van der Waals surface area contributed by atoms with E-state index in [1.165, 1.54) is 83.5 Å². The summed E-state index contributed by atoms with van der Waals surface area (Å²) in [5.41, 5.74) is 0. The van der Waals surface area contributed by atoms with Crippen molar-refractivity contribution in [1.29, 1.82) is 0 Å². The molecule has 1 heterocycles. The summed E-state index contributed by atoms with van der Waals surface area (Å²) < 4.78 is 5.45. The Hall–Kier alpha value is -0.790. The van der Waals surface area contributed by atoms with Crippen LogP contribution in [-0.2, 0) is 4.74 Å². The van der Waals surface area contributed by atoms with Gasteiger partial charge in [-0.1, -0.05) is 84.0 Å². The first-order valence-electron chi connectivity index (χ1n) is 9.28. The molecule has 1 aliphatic heterocycles. The molecule has 0 aromatic carbocycles. The molecule has 0 bridgehead atoms. The highest BCUT2D eigenvalue weighted by Gasteiger charge is 2.01. The molecule has 0 atom stereocenters. The molecule has 0 aromatic heterocycles. The standard InChI is InChI=1S/C19H35NO/c1-2-3-4-5-6-7-8-9-10-11-12-13-14-16-19-20-17-15-18-21-19/h15,17H,2-14,16,18H2,1H3. The molecule has 0 amide bonds. The Balaban J connectivity index is 1.73.